The normalized spacial score (nSPS) is 12.1. The first-order valence-electron chi connectivity index (χ1n) is 4.80. The molecule has 90 valence electrons. The van der Waals surface area contributed by atoms with Gasteiger partial charge < -0.3 is 4.98 Å². The average Bonchev–Trinajstić information content (AvgIpc) is 2.66. The molecule has 0 bridgehead atoms. The van der Waals surface area contributed by atoms with Crippen LogP contribution >= 0.6 is 0 Å². The average molecular weight is 234 g/mol. The molecule has 16 heavy (non-hydrogen) atoms. The van der Waals surface area contributed by atoms with Gasteiger partial charge in [-0.05, 0) is 19.2 Å². The highest BCUT2D eigenvalue weighted by atomic mass is 19.4. The van der Waals surface area contributed by atoms with Crippen LogP contribution in [-0.4, -0.2) is 42.0 Å². The van der Waals surface area contributed by atoms with Crippen LogP contribution in [0.3, 0.4) is 0 Å². The molecular weight excluding hydrogens is 221 g/mol. The number of hydrogen-bond donors (Lipinski definition) is 1. The van der Waals surface area contributed by atoms with Crippen LogP contribution in [0, 0.1) is 0 Å². The van der Waals surface area contributed by atoms with Crippen molar-refractivity contribution in [2.75, 3.05) is 20.1 Å². The van der Waals surface area contributed by atoms with Gasteiger partial charge in [-0.2, -0.15) is 13.2 Å². The summed E-state index contributed by atoms with van der Waals surface area (Å²) < 4.78 is 35.7. The molecule has 6 heteroatoms. The maximum absolute atomic E-state index is 11.9. The van der Waals surface area contributed by atoms with Crippen LogP contribution in [0.4, 0.5) is 13.2 Å². The van der Waals surface area contributed by atoms with E-state index in [9.17, 15) is 18.0 Å². The van der Waals surface area contributed by atoms with Crippen LogP contribution in [0.2, 0.25) is 0 Å². The number of H-pyrrole nitrogens is 1. The second-order valence-corrected chi connectivity index (χ2v) is 3.61. The summed E-state index contributed by atoms with van der Waals surface area (Å²) in [7, 11) is 1.49. The van der Waals surface area contributed by atoms with Crippen molar-refractivity contribution in [1.82, 2.24) is 9.88 Å². The van der Waals surface area contributed by atoms with E-state index < -0.39 is 12.6 Å². The Morgan fingerprint density at radius 2 is 2.19 bits per heavy atom. The summed E-state index contributed by atoms with van der Waals surface area (Å²) in [5, 5.41) is 0. The van der Waals surface area contributed by atoms with E-state index in [4.69, 9.17) is 0 Å². The lowest BCUT2D eigenvalue weighted by atomic mass is 10.2. The van der Waals surface area contributed by atoms with E-state index >= 15 is 0 Å². The molecule has 3 nitrogen and oxygen atoms in total. The minimum absolute atomic E-state index is 0.0173. The minimum Gasteiger partial charge on any atom is -0.359 e. The van der Waals surface area contributed by atoms with Crippen molar-refractivity contribution >= 4 is 5.78 Å². The molecule has 1 N–H and O–H groups in total. The van der Waals surface area contributed by atoms with Gasteiger partial charge in [0, 0.05) is 12.7 Å². The quantitative estimate of drug-likeness (QED) is 0.792. The van der Waals surface area contributed by atoms with E-state index in [1.165, 1.54) is 11.9 Å². The Hall–Kier alpha value is -1.30. The molecule has 0 saturated heterocycles. The smallest absolute Gasteiger partial charge is 0.359 e. The summed E-state index contributed by atoms with van der Waals surface area (Å²) in [5.41, 5.74) is 0.416. The molecular formula is C10H13F3N2O. The second-order valence-electron chi connectivity index (χ2n) is 3.61. The molecule has 0 aliphatic rings. The standard InChI is InChI=1S/C10H13F3N2O/c1-15(6-4-10(11,12)13)7-9(16)8-3-2-5-14-8/h2-3,5,14H,4,6-7H2,1H3. The van der Waals surface area contributed by atoms with Crippen molar-refractivity contribution < 1.29 is 18.0 Å². The Bertz CT molecular complexity index is 332. The van der Waals surface area contributed by atoms with Gasteiger partial charge in [-0.3, -0.25) is 9.69 Å². The van der Waals surface area contributed by atoms with Crippen LogP contribution < -0.4 is 0 Å². The lowest BCUT2D eigenvalue weighted by Gasteiger charge is -2.16. The lowest BCUT2D eigenvalue weighted by molar-refractivity contribution is -0.137. The van der Waals surface area contributed by atoms with Crippen molar-refractivity contribution in [1.29, 1.82) is 0 Å². The summed E-state index contributed by atoms with van der Waals surface area (Å²) in [6, 6.07) is 3.27. The van der Waals surface area contributed by atoms with Crippen molar-refractivity contribution in [3.8, 4) is 0 Å². The first-order valence-corrected chi connectivity index (χ1v) is 4.80. The third kappa shape index (κ3) is 4.48. The van der Waals surface area contributed by atoms with Gasteiger partial charge in [0.1, 0.15) is 0 Å². The van der Waals surface area contributed by atoms with E-state index in [0.29, 0.717) is 5.69 Å². The molecule has 0 atom stereocenters. The third-order valence-electron chi connectivity index (χ3n) is 2.09. The number of ketones is 1. The number of nitrogens with zero attached hydrogens (tertiary/aromatic N) is 1. The number of carbonyl (C=O) groups excluding carboxylic acids is 1. The first-order chi connectivity index (χ1) is 7.38. The van der Waals surface area contributed by atoms with Crippen LogP contribution in [0.25, 0.3) is 0 Å². The van der Waals surface area contributed by atoms with E-state index in [1.807, 2.05) is 0 Å². The number of aromatic amines is 1. The van der Waals surface area contributed by atoms with Crippen LogP contribution in [0.5, 0.6) is 0 Å². The molecule has 1 heterocycles. The van der Waals surface area contributed by atoms with Gasteiger partial charge in [-0.25, -0.2) is 0 Å². The predicted octanol–water partition coefficient (Wildman–Crippen LogP) is 2.08. The Kier molecular flexibility index (Phi) is 4.12. The molecule has 1 rings (SSSR count). The highest BCUT2D eigenvalue weighted by molar-refractivity contribution is 5.95. The van der Waals surface area contributed by atoms with Gasteiger partial charge in [0.05, 0.1) is 18.7 Å². The molecule has 0 unspecified atom stereocenters. The molecule has 0 aliphatic heterocycles. The fourth-order valence-electron chi connectivity index (χ4n) is 1.23. The summed E-state index contributed by atoms with van der Waals surface area (Å²) in [4.78, 5) is 15.6. The molecule has 0 fully saturated rings. The third-order valence-corrected chi connectivity index (χ3v) is 2.09. The summed E-state index contributed by atoms with van der Waals surface area (Å²) in [6.45, 7) is -0.188. The predicted molar refractivity (Wildman–Crippen MR) is 53.3 cm³/mol. The monoisotopic (exact) mass is 234 g/mol. The molecule has 0 saturated carbocycles. The van der Waals surface area contributed by atoms with Crippen LogP contribution in [-0.2, 0) is 0 Å². The number of Topliss-reactive ketones (excluding diaryl/α,β-unsaturated/α-hetero) is 1. The van der Waals surface area contributed by atoms with Crippen molar-refractivity contribution in [3.63, 3.8) is 0 Å². The van der Waals surface area contributed by atoms with Crippen molar-refractivity contribution in [2.24, 2.45) is 0 Å². The number of alkyl halides is 3. The van der Waals surface area contributed by atoms with E-state index in [2.05, 4.69) is 4.98 Å². The van der Waals surface area contributed by atoms with Crippen molar-refractivity contribution in [2.45, 2.75) is 12.6 Å². The van der Waals surface area contributed by atoms with Gasteiger partial charge in [-0.1, -0.05) is 0 Å². The van der Waals surface area contributed by atoms with Crippen LogP contribution in [0.1, 0.15) is 16.9 Å². The van der Waals surface area contributed by atoms with Crippen molar-refractivity contribution in [3.05, 3.63) is 24.0 Å². The van der Waals surface area contributed by atoms with E-state index in [-0.39, 0.29) is 18.9 Å². The SMILES string of the molecule is CN(CCC(F)(F)F)CC(=O)c1ccc[nH]1. The molecule has 1 aromatic heterocycles. The number of aromatic nitrogens is 1. The Balaban J connectivity index is 2.35. The molecule has 0 radical (unpaired) electrons. The maximum Gasteiger partial charge on any atom is 0.390 e. The number of hydrogen-bond acceptors (Lipinski definition) is 2. The highest BCUT2D eigenvalue weighted by Crippen LogP contribution is 2.19. The fourth-order valence-corrected chi connectivity index (χ4v) is 1.23. The van der Waals surface area contributed by atoms with E-state index in [1.54, 1.807) is 18.3 Å². The fraction of sp³-hybridized carbons (Fsp3) is 0.500. The van der Waals surface area contributed by atoms with Gasteiger partial charge in [0.2, 0.25) is 0 Å². The lowest BCUT2D eigenvalue weighted by Crippen LogP contribution is -2.29. The molecule has 0 aromatic carbocycles. The molecule has 0 amide bonds. The van der Waals surface area contributed by atoms with Gasteiger partial charge >= 0.3 is 6.18 Å². The summed E-state index contributed by atoms with van der Waals surface area (Å²) in [5.74, 6) is -0.213. The largest absolute Gasteiger partial charge is 0.390 e. The van der Waals surface area contributed by atoms with Crippen LogP contribution in [0.15, 0.2) is 18.3 Å². The number of carbonyl (C=O) groups is 1. The summed E-state index contributed by atoms with van der Waals surface area (Å²) >= 11 is 0. The Morgan fingerprint density at radius 3 is 2.69 bits per heavy atom. The van der Waals surface area contributed by atoms with Gasteiger partial charge in [-0.15, -0.1) is 0 Å². The molecule has 0 aliphatic carbocycles. The van der Waals surface area contributed by atoms with Gasteiger partial charge in [0.15, 0.2) is 5.78 Å². The zero-order valence-electron chi connectivity index (χ0n) is 8.84. The van der Waals surface area contributed by atoms with E-state index in [0.717, 1.165) is 0 Å². The van der Waals surface area contributed by atoms with Gasteiger partial charge in [0.25, 0.3) is 0 Å². The highest BCUT2D eigenvalue weighted by Gasteiger charge is 2.27. The minimum atomic E-state index is -4.18. The molecule has 1 aromatic rings. The topological polar surface area (TPSA) is 36.1 Å². The first kappa shape index (κ1) is 12.8. The molecule has 0 spiro atoms. The number of rotatable bonds is 5. The number of likely N-dealkylation sites (N-methyl/N-ethyl adjacent to an activating group) is 1. The second kappa shape index (κ2) is 5.16. The summed E-state index contributed by atoms with van der Waals surface area (Å²) in [6.07, 6.45) is -3.48. The number of halogens is 3. The Labute approximate surface area is 91.2 Å². The number of nitrogens with one attached hydrogen (secondary N) is 1. The maximum atomic E-state index is 11.9. The zero-order chi connectivity index (χ0) is 12.2. The Morgan fingerprint density at radius 1 is 1.50 bits per heavy atom. The zero-order valence-corrected chi connectivity index (χ0v) is 8.84.